The van der Waals surface area contributed by atoms with Crippen molar-refractivity contribution in [2.45, 2.75) is 43.0 Å². The molecule has 32 heavy (non-hydrogen) atoms. The van der Waals surface area contributed by atoms with Gasteiger partial charge in [-0.1, -0.05) is 30.9 Å². The van der Waals surface area contributed by atoms with E-state index in [9.17, 15) is 22.4 Å². The number of hydrogen-bond donors (Lipinski definition) is 1. The van der Waals surface area contributed by atoms with Crippen LogP contribution in [-0.4, -0.2) is 44.3 Å². The van der Waals surface area contributed by atoms with Gasteiger partial charge in [-0.2, -0.15) is 4.31 Å². The first-order valence-corrected chi connectivity index (χ1v) is 12.0. The average Bonchev–Trinajstić information content (AvgIpc) is 2.79. The molecule has 2 aromatic carbocycles. The lowest BCUT2D eigenvalue weighted by Crippen LogP contribution is -2.38. The summed E-state index contributed by atoms with van der Waals surface area (Å²) in [6.45, 7) is -0.586. The molecule has 1 amide bonds. The number of amides is 1. The number of ether oxygens (including phenoxy) is 1. The number of esters is 1. The van der Waals surface area contributed by atoms with Crippen LogP contribution in [0, 0.1) is 5.82 Å². The van der Waals surface area contributed by atoms with E-state index in [1.165, 1.54) is 34.6 Å². The molecule has 172 valence electrons. The highest BCUT2D eigenvalue weighted by Crippen LogP contribution is 2.26. The summed E-state index contributed by atoms with van der Waals surface area (Å²) in [6.07, 6.45) is 4.82. The fraction of sp³-hybridized carbons (Fsp3) is 0.364. The fourth-order valence-corrected chi connectivity index (χ4v) is 5.19. The predicted molar refractivity (Wildman–Crippen MR) is 119 cm³/mol. The van der Waals surface area contributed by atoms with E-state index in [0.717, 1.165) is 44.2 Å². The molecule has 2 aromatic rings. The third kappa shape index (κ3) is 5.85. The van der Waals surface area contributed by atoms with Gasteiger partial charge in [-0.25, -0.2) is 17.6 Å². The Balaban J connectivity index is 1.58. The molecule has 1 saturated carbocycles. The summed E-state index contributed by atoms with van der Waals surface area (Å²) in [5, 5.41) is 2.43. The molecule has 10 heteroatoms. The number of benzene rings is 2. The van der Waals surface area contributed by atoms with Gasteiger partial charge in [0.2, 0.25) is 10.0 Å². The van der Waals surface area contributed by atoms with Gasteiger partial charge in [0, 0.05) is 13.1 Å². The Morgan fingerprint density at radius 3 is 2.41 bits per heavy atom. The Labute approximate surface area is 191 Å². The van der Waals surface area contributed by atoms with E-state index in [4.69, 9.17) is 16.3 Å². The minimum absolute atomic E-state index is 0.0136. The zero-order valence-electron chi connectivity index (χ0n) is 17.5. The average molecular weight is 483 g/mol. The third-order valence-corrected chi connectivity index (χ3v) is 7.63. The van der Waals surface area contributed by atoms with Crippen molar-refractivity contribution in [2.24, 2.45) is 0 Å². The number of halogens is 2. The quantitative estimate of drug-likeness (QED) is 0.596. The first kappa shape index (κ1) is 24.2. The summed E-state index contributed by atoms with van der Waals surface area (Å²) in [5.74, 6) is -1.98. The number of carbonyl (C=O) groups is 2. The molecule has 0 bridgehead atoms. The summed E-state index contributed by atoms with van der Waals surface area (Å²) < 4.78 is 45.2. The normalized spacial score (nSPS) is 14.9. The largest absolute Gasteiger partial charge is 0.452 e. The summed E-state index contributed by atoms with van der Waals surface area (Å²) in [7, 11) is -2.09. The van der Waals surface area contributed by atoms with E-state index in [2.05, 4.69) is 5.32 Å². The summed E-state index contributed by atoms with van der Waals surface area (Å²) in [4.78, 5) is 24.3. The van der Waals surface area contributed by atoms with Crippen molar-refractivity contribution in [3.8, 4) is 0 Å². The molecule has 7 nitrogen and oxygen atoms in total. The molecule has 0 saturated heterocycles. The van der Waals surface area contributed by atoms with Crippen LogP contribution in [-0.2, 0) is 19.6 Å². The van der Waals surface area contributed by atoms with Crippen molar-refractivity contribution >= 4 is 39.2 Å². The smallest absolute Gasteiger partial charge is 0.338 e. The maximum atomic E-state index is 13.1. The first-order valence-electron chi connectivity index (χ1n) is 10.2. The molecule has 1 aliphatic carbocycles. The number of nitrogens with one attached hydrogen (secondary N) is 1. The van der Waals surface area contributed by atoms with Crippen molar-refractivity contribution in [3.63, 3.8) is 0 Å². The fourth-order valence-electron chi connectivity index (χ4n) is 3.56. The second kappa shape index (κ2) is 10.4. The van der Waals surface area contributed by atoms with Crippen LogP contribution in [0.5, 0.6) is 0 Å². The van der Waals surface area contributed by atoms with Gasteiger partial charge in [0.15, 0.2) is 6.61 Å². The molecular formula is C22H24ClFN2O5S. The highest BCUT2D eigenvalue weighted by atomic mass is 35.5. The monoisotopic (exact) mass is 482 g/mol. The third-order valence-electron chi connectivity index (χ3n) is 5.40. The number of sulfonamides is 1. The van der Waals surface area contributed by atoms with E-state index in [0.29, 0.717) is 0 Å². The molecule has 1 N–H and O–H groups in total. The van der Waals surface area contributed by atoms with Gasteiger partial charge < -0.3 is 10.1 Å². The molecule has 0 unspecified atom stereocenters. The van der Waals surface area contributed by atoms with E-state index in [-0.39, 0.29) is 27.2 Å². The maximum absolute atomic E-state index is 13.1. The first-order chi connectivity index (χ1) is 15.2. The summed E-state index contributed by atoms with van der Waals surface area (Å²) in [5.41, 5.74) is 0.294. The van der Waals surface area contributed by atoms with Crippen molar-refractivity contribution in [2.75, 3.05) is 19.0 Å². The zero-order chi connectivity index (χ0) is 23.3. The number of rotatable bonds is 7. The lowest BCUT2D eigenvalue weighted by molar-refractivity contribution is -0.119. The van der Waals surface area contributed by atoms with Gasteiger partial charge in [-0.3, -0.25) is 4.79 Å². The molecular weight excluding hydrogens is 459 g/mol. The van der Waals surface area contributed by atoms with Crippen molar-refractivity contribution in [1.29, 1.82) is 0 Å². The molecule has 0 heterocycles. The van der Waals surface area contributed by atoms with Crippen LogP contribution < -0.4 is 5.32 Å². The van der Waals surface area contributed by atoms with Gasteiger partial charge in [0.25, 0.3) is 5.91 Å². The molecule has 1 aliphatic rings. The van der Waals surface area contributed by atoms with Crippen LogP contribution in [0.3, 0.4) is 0 Å². The van der Waals surface area contributed by atoms with Gasteiger partial charge >= 0.3 is 5.97 Å². The highest BCUT2D eigenvalue weighted by Gasteiger charge is 2.29. The minimum Gasteiger partial charge on any atom is -0.452 e. The molecule has 0 aromatic heterocycles. The van der Waals surface area contributed by atoms with Crippen LogP contribution >= 0.6 is 11.6 Å². The standard InChI is InChI=1S/C22H24ClFN2O5S/c1-26(17-5-3-2-4-6-17)32(29,30)18-10-7-15(8-11-18)22(28)31-14-21(27)25-20-12-9-16(24)13-19(20)23/h7-13,17H,2-6,14H2,1H3,(H,25,27). The summed E-state index contributed by atoms with van der Waals surface area (Å²) >= 11 is 5.84. The van der Waals surface area contributed by atoms with E-state index in [1.807, 2.05) is 0 Å². The van der Waals surface area contributed by atoms with Crippen LogP contribution in [0.4, 0.5) is 10.1 Å². The second-order valence-corrected chi connectivity index (χ2v) is 9.99. The lowest BCUT2D eigenvalue weighted by atomic mass is 9.96. The Bertz CT molecular complexity index is 1090. The minimum atomic E-state index is -3.67. The molecule has 0 aliphatic heterocycles. The van der Waals surface area contributed by atoms with Crippen molar-refractivity contribution < 1.29 is 27.1 Å². The van der Waals surface area contributed by atoms with Crippen LogP contribution in [0.1, 0.15) is 42.5 Å². The van der Waals surface area contributed by atoms with Crippen LogP contribution in [0.2, 0.25) is 5.02 Å². The summed E-state index contributed by atoms with van der Waals surface area (Å²) in [6, 6.07) is 8.84. The number of carbonyl (C=O) groups excluding carboxylic acids is 2. The Hall–Kier alpha value is -2.49. The van der Waals surface area contributed by atoms with E-state index >= 15 is 0 Å². The lowest BCUT2D eigenvalue weighted by Gasteiger charge is -2.30. The Morgan fingerprint density at radius 2 is 1.78 bits per heavy atom. The van der Waals surface area contributed by atoms with Gasteiger partial charge in [-0.05, 0) is 55.3 Å². The van der Waals surface area contributed by atoms with Gasteiger partial charge in [0.05, 0.1) is 21.2 Å². The van der Waals surface area contributed by atoms with E-state index in [1.54, 1.807) is 7.05 Å². The Kier molecular flexibility index (Phi) is 7.86. The predicted octanol–water partition coefficient (Wildman–Crippen LogP) is 4.23. The van der Waals surface area contributed by atoms with E-state index < -0.39 is 34.3 Å². The van der Waals surface area contributed by atoms with Crippen LogP contribution in [0.15, 0.2) is 47.4 Å². The SMILES string of the molecule is CN(C1CCCCC1)S(=O)(=O)c1ccc(C(=O)OCC(=O)Nc2ccc(F)cc2Cl)cc1. The Morgan fingerprint density at radius 1 is 1.12 bits per heavy atom. The number of anilines is 1. The molecule has 0 atom stereocenters. The second-order valence-electron chi connectivity index (χ2n) is 7.59. The molecule has 3 rings (SSSR count). The maximum Gasteiger partial charge on any atom is 0.338 e. The highest BCUT2D eigenvalue weighted by molar-refractivity contribution is 7.89. The molecule has 1 fully saturated rings. The van der Waals surface area contributed by atoms with Crippen LogP contribution in [0.25, 0.3) is 0 Å². The molecule has 0 radical (unpaired) electrons. The van der Waals surface area contributed by atoms with Gasteiger partial charge in [-0.15, -0.1) is 0 Å². The number of nitrogens with zero attached hydrogens (tertiary/aromatic N) is 1. The number of hydrogen-bond acceptors (Lipinski definition) is 5. The molecule has 0 spiro atoms. The van der Waals surface area contributed by atoms with Crippen molar-refractivity contribution in [3.05, 3.63) is 58.9 Å². The van der Waals surface area contributed by atoms with Crippen molar-refractivity contribution in [1.82, 2.24) is 4.31 Å². The van der Waals surface area contributed by atoms with Gasteiger partial charge in [0.1, 0.15) is 5.82 Å². The zero-order valence-corrected chi connectivity index (χ0v) is 19.1. The topological polar surface area (TPSA) is 92.8 Å².